The van der Waals surface area contributed by atoms with E-state index < -0.39 is 0 Å². The van der Waals surface area contributed by atoms with Crippen molar-refractivity contribution in [3.63, 3.8) is 0 Å². The molecule has 3 aromatic rings. The summed E-state index contributed by atoms with van der Waals surface area (Å²) >= 11 is 5.05. The predicted molar refractivity (Wildman–Crippen MR) is 120 cm³/mol. The number of halogens is 1. The second-order valence-electron chi connectivity index (χ2n) is 6.66. The lowest BCUT2D eigenvalue weighted by Gasteiger charge is -2.14. The second kappa shape index (κ2) is 9.84. The summed E-state index contributed by atoms with van der Waals surface area (Å²) in [6, 6.07) is 13.3. The first-order valence-electron chi connectivity index (χ1n) is 9.21. The number of esters is 1. The molecule has 1 amide bonds. The van der Waals surface area contributed by atoms with E-state index in [-0.39, 0.29) is 17.9 Å². The van der Waals surface area contributed by atoms with Gasteiger partial charge in [-0.15, -0.1) is 0 Å². The highest BCUT2D eigenvalue weighted by Gasteiger charge is 2.11. The summed E-state index contributed by atoms with van der Waals surface area (Å²) in [5.41, 5.74) is 2.53. The number of amides is 1. The van der Waals surface area contributed by atoms with E-state index in [9.17, 15) is 9.59 Å². The smallest absolute Gasteiger partial charge is 0.305 e. The molecule has 0 saturated heterocycles. The lowest BCUT2D eigenvalue weighted by atomic mass is 10.1. The Morgan fingerprint density at radius 1 is 1.21 bits per heavy atom. The van der Waals surface area contributed by atoms with Gasteiger partial charge in [-0.3, -0.25) is 9.59 Å². The van der Waals surface area contributed by atoms with Crippen LogP contribution in [0.1, 0.15) is 29.3 Å². The molecule has 0 aliphatic rings. The number of methoxy groups -OCH3 is 1. The van der Waals surface area contributed by atoms with Gasteiger partial charge < -0.3 is 15.4 Å². The quantitative estimate of drug-likeness (QED) is 0.472. The van der Waals surface area contributed by atoms with Crippen LogP contribution in [0.4, 0.5) is 5.13 Å². The summed E-state index contributed by atoms with van der Waals surface area (Å²) in [5.74, 6) is -0.375. The molecule has 0 fully saturated rings. The van der Waals surface area contributed by atoms with Crippen LogP contribution in [-0.4, -0.2) is 36.6 Å². The largest absolute Gasteiger partial charge is 0.469 e. The highest BCUT2D eigenvalue weighted by atomic mass is 79.9. The van der Waals surface area contributed by atoms with Gasteiger partial charge in [0.2, 0.25) is 0 Å². The lowest BCUT2D eigenvalue weighted by Crippen LogP contribution is -2.34. The van der Waals surface area contributed by atoms with Crippen molar-refractivity contribution < 1.29 is 14.3 Å². The van der Waals surface area contributed by atoms with E-state index in [0.29, 0.717) is 24.9 Å². The average Bonchev–Trinajstić information content (AvgIpc) is 3.11. The van der Waals surface area contributed by atoms with Crippen molar-refractivity contribution in [1.29, 1.82) is 0 Å². The fourth-order valence-corrected chi connectivity index (χ4v) is 4.27. The van der Waals surface area contributed by atoms with Crippen LogP contribution >= 0.6 is 27.3 Å². The number of aromatic nitrogens is 1. The molecule has 2 N–H and O–H groups in total. The molecule has 152 valence electrons. The molecule has 1 aromatic heterocycles. The lowest BCUT2D eigenvalue weighted by molar-refractivity contribution is -0.140. The fourth-order valence-electron chi connectivity index (χ4n) is 2.74. The molecule has 0 saturated carbocycles. The van der Waals surface area contributed by atoms with Crippen LogP contribution in [0, 0.1) is 0 Å². The topological polar surface area (TPSA) is 80.3 Å². The van der Waals surface area contributed by atoms with Gasteiger partial charge in [0.25, 0.3) is 5.91 Å². The van der Waals surface area contributed by atoms with E-state index in [1.165, 1.54) is 7.11 Å². The van der Waals surface area contributed by atoms with Gasteiger partial charge in [0.05, 0.1) is 17.3 Å². The van der Waals surface area contributed by atoms with Crippen molar-refractivity contribution in [3.8, 4) is 0 Å². The summed E-state index contributed by atoms with van der Waals surface area (Å²) in [5, 5.41) is 7.10. The number of anilines is 1. The molecule has 3 rings (SSSR count). The van der Waals surface area contributed by atoms with Crippen LogP contribution in [0.15, 0.2) is 46.9 Å². The zero-order valence-corrected chi connectivity index (χ0v) is 18.6. The zero-order valence-electron chi connectivity index (χ0n) is 16.2. The first-order chi connectivity index (χ1) is 13.9. The van der Waals surface area contributed by atoms with Crippen LogP contribution in [0.5, 0.6) is 0 Å². The summed E-state index contributed by atoms with van der Waals surface area (Å²) in [7, 11) is 1.38. The van der Waals surface area contributed by atoms with Crippen LogP contribution in [0.2, 0.25) is 0 Å². The van der Waals surface area contributed by atoms with Gasteiger partial charge in [0, 0.05) is 29.0 Å². The number of ether oxygens (including phenoxy) is 1. The zero-order chi connectivity index (χ0) is 20.8. The maximum absolute atomic E-state index is 12.4. The van der Waals surface area contributed by atoms with E-state index in [1.54, 1.807) is 23.5 Å². The van der Waals surface area contributed by atoms with Crippen molar-refractivity contribution in [1.82, 2.24) is 10.3 Å². The van der Waals surface area contributed by atoms with Crippen molar-refractivity contribution in [2.45, 2.75) is 25.8 Å². The Morgan fingerprint density at radius 2 is 1.97 bits per heavy atom. The number of hydrogen-bond donors (Lipinski definition) is 2. The van der Waals surface area contributed by atoms with E-state index >= 15 is 0 Å². The third-order valence-corrected chi connectivity index (χ3v) is 5.79. The minimum atomic E-state index is -0.242. The number of fused-ring (bicyclic) bond motifs is 1. The molecule has 0 bridgehead atoms. The Kier molecular flexibility index (Phi) is 7.22. The minimum Gasteiger partial charge on any atom is -0.469 e. The summed E-state index contributed by atoms with van der Waals surface area (Å²) in [6.45, 7) is 2.47. The fraction of sp³-hybridized carbons (Fsp3) is 0.286. The van der Waals surface area contributed by atoms with Gasteiger partial charge in [-0.25, -0.2) is 4.98 Å². The van der Waals surface area contributed by atoms with Crippen LogP contribution in [0.25, 0.3) is 10.2 Å². The molecule has 8 heteroatoms. The van der Waals surface area contributed by atoms with E-state index in [2.05, 4.69) is 36.3 Å². The molecule has 0 spiro atoms. The Hall–Kier alpha value is -2.45. The van der Waals surface area contributed by atoms with Crippen molar-refractivity contribution in [3.05, 3.63) is 58.1 Å². The molecule has 1 heterocycles. The van der Waals surface area contributed by atoms with Gasteiger partial charge in [-0.05, 0) is 49.2 Å². The molecular weight excluding hydrogens is 454 g/mol. The normalized spacial score (nSPS) is 11.8. The van der Waals surface area contributed by atoms with Gasteiger partial charge in [0.1, 0.15) is 0 Å². The number of carbonyl (C=O) groups is 2. The van der Waals surface area contributed by atoms with Gasteiger partial charge >= 0.3 is 5.97 Å². The average molecular weight is 476 g/mol. The Balaban J connectivity index is 1.49. The molecule has 0 unspecified atom stereocenters. The highest BCUT2D eigenvalue weighted by Crippen LogP contribution is 2.28. The van der Waals surface area contributed by atoms with Gasteiger partial charge in [-0.2, -0.15) is 0 Å². The Morgan fingerprint density at radius 3 is 2.69 bits per heavy atom. The van der Waals surface area contributed by atoms with Crippen LogP contribution in [-0.2, 0) is 16.0 Å². The summed E-state index contributed by atoms with van der Waals surface area (Å²) in [6.07, 6.45) is 0.919. The van der Waals surface area contributed by atoms with Gasteiger partial charge in [0.15, 0.2) is 5.13 Å². The molecular formula is C21H22BrN3O3S. The standard InChI is InChI=1S/C21H22BrN3O3S/c1-13(24-21-25-17-9-8-16(22)11-18(17)29-21)12-23-20(27)15-6-3-14(4-7-15)5-10-19(26)28-2/h3-4,6-9,11,13H,5,10,12H2,1-2H3,(H,23,27)(H,24,25)/t13-/m1/s1. The van der Waals surface area contributed by atoms with Gasteiger partial charge in [-0.1, -0.05) is 39.4 Å². The summed E-state index contributed by atoms with van der Waals surface area (Å²) in [4.78, 5) is 28.1. The SMILES string of the molecule is COC(=O)CCc1ccc(C(=O)NC[C@@H](C)Nc2nc3ccc(Br)cc3s2)cc1. The van der Waals surface area contributed by atoms with Crippen molar-refractivity contribution in [2.75, 3.05) is 19.0 Å². The maximum atomic E-state index is 12.4. The third kappa shape index (κ3) is 6.01. The number of rotatable bonds is 8. The maximum Gasteiger partial charge on any atom is 0.305 e. The first-order valence-corrected chi connectivity index (χ1v) is 10.8. The highest BCUT2D eigenvalue weighted by molar-refractivity contribution is 9.10. The van der Waals surface area contributed by atoms with Crippen LogP contribution < -0.4 is 10.6 Å². The minimum absolute atomic E-state index is 0.0299. The summed E-state index contributed by atoms with van der Waals surface area (Å²) < 4.78 is 6.77. The van der Waals surface area contributed by atoms with Crippen LogP contribution in [0.3, 0.4) is 0 Å². The Labute approximate surface area is 181 Å². The number of nitrogens with one attached hydrogen (secondary N) is 2. The number of hydrogen-bond acceptors (Lipinski definition) is 6. The number of carbonyl (C=O) groups excluding carboxylic acids is 2. The van der Waals surface area contributed by atoms with E-state index in [4.69, 9.17) is 0 Å². The molecule has 6 nitrogen and oxygen atoms in total. The molecule has 0 aliphatic carbocycles. The molecule has 1 atom stereocenters. The number of thiazole rings is 1. The molecule has 2 aromatic carbocycles. The van der Waals surface area contributed by atoms with E-state index in [0.717, 1.165) is 25.4 Å². The molecule has 0 radical (unpaired) electrons. The number of aryl methyl sites for hydroxylation is 1. The Bertz CT molecular complexity index is 1000. The number of nitrogens with zero attached hydrogens (tertiary/aromatic N) is 1. The first kappa shape index (κ1) is 21.3. The van der Waals surface area contributed by atoms with E-state index in [1.807, 2.05) is 37.3 Å². The number of benzene rings is 2. The monoisotopic (exact) mass is 475 g/mol. The van der Waals surface area contributed by atoms with Crippen molar-refractivity contribution >= 4 is 54.5 Å². The van der Waals surface area contributed by atoms with Crippen molar-refractivity contribution in [2.24, 2.45) is 0 Å². The predicted octanol–water partition coefficient (Wildman–Crippen LogP) is 4.39. The molecule has 0 aliphatic heterocycles. The second-order valence-corrected chi connectivity index (χ2v) is 8.61. The third-order valence-electron chi connectivity index (χ3n) is 4.35. The molecule has 29 heavy (non-hydrogen) atoms.